The van der Waals surface area contributed by atoms with Crippen LogP contribution in [0.2, 0.25) is 0 Å². The Balaban J connectivity index is 1.61. The summed E-state index contributed by atoms with van der Waals surface area (Å²) in [5.41, 5.74) is 3.19. The first kappa shape index (κ1) is 16.3. The molecule has 6 heteroatoms. The molecule has 1 N–H and O–H groups in total. The van der Waals surface area contributed by atoms with Crippen LogP contribution < -0.4 is 0 Å². The molecule has 2 aromatic carbocycles. The van der Waals surface area contributed by atoms with E-state index in [-0.39, 0.29) is 11.7 Å². The number of hydrogen-bond donors (Lipinski definition) is 1. The standard InChI is InChI=1S/C20H20N4O2/c1-23(13-14-7-11-17(25)12-8-14)20(26)18-19(15-9-10-15)24(22-21-18)16-5-3-2-4-6-16/h2-8,11-12,15,25H,9-10,13H2,1H3. The van der Waals surface area contributed by atoms with E-state index in [1.165, 1.54) is 0 Å². The van der Waals surface area contributed by atoms with Gasteiger partial charge < -0.3 is 10.0 Å². The second kappa shape index (κ2) is 6.63. The van der Waals surface area contributed by atoms with Crippen LogP contribution in [0.25, 0.3) is 5.69 Å². The van der Waals surface area contributed by atoms with Crippen LogP contribution in [0.3, 0.4) is 0 Å². The van der Waals surface area contributed by atoms with E-state index < -0.39 is 0 Å². The van der Waals surface area contributed by atoms with Crippen molar-refractivity contribution in [3.63, 3.8) is 0 Å². The van der Waals surface area contributed by atoms with Crippen molar-refractivity contribution in [2.75, 3.05) is 7.05 Å². The number of aromatic nitrogens is 3. The van der Waals surface area contributed by atoms with Crippen LogP contribution in [-0.4, -0.2) is 38.0 Å². The van der Waals surface area contributed by atoms with Gasteiger partial charge in [0.05, 0.1) is 11.4 Å². The van der Waals surface area contributed by atoms with Crippen LogP contribution >= 0.6 is 0 Å². The second-order valence-electron chi connectivity index (χ2n) is 6.67. The number of amides is 1. The highest BCUT2D eigenvalue weighted by atomic mass is 16.3. The lowest BCUT2D eigenvalue weighted by atomic mass is 10.1. The predicted molar refractivity (Wildman–Crippen MR) is 97.2 cm³/mol. The zero-order chi connectivity index (χ0) is 18.1. The molecule has 0 spiro atoms. The van der Waals surface area contributed by atoms with Gasteiger partial charge in [0.15, 0.2) is 5.69 Å². The molecule has 1 aliphatic carbocycles. The average Bonchev–Trinajstić information content (AvgIpc) is 3.41. The molecule has 1 saturated carbocycles. The molecule has 3 aromatic rings. The maximum atomic E-state index is 13.0. The van der Waals surface area contributed by atoms with Gasteiger partial charge in [-0.15, -0.1) is 5.10 Å². The van der Waals surface area contributed by atoms with Crippen LogP contribution in [0.5, 0.6) is 5.75 Å². The highest BCUT2D eigenvalue weighted by Crippen LogP contribution is 2.42. The number of carbonyl (C=O) groups is 1. The van der Waals surface area contributed by atoms with Crippen molar-refractivity contribution in [2.45, 2.75) is 25.3 Å². The summed E-state index contributed by atoms with van der Waals surface area (Å²) in [5, 5.41) is 17.9. The third-order valence-electron chi connectivity index (χ3n) is 4.58. The average molecular weight is 348 g/mol. The summed E-state index contributed by atoms with van der Waals surface area (Å²) in [6.45, 7) is 0.446. The van der Waals surface area contributed by atoms with E-state index in [9.17, 15) is 9.90 Å². The van der Waals surface area contributed by atoms with Gasteiger partial charge in [0.25, 0.3) is 5.91 Å². The van der Waals surface area contributed by atoms with E-state index in [4.69, 9.17) is 0 Å². The van der Waals surface area contributed by atoms with Crippen LogP contribution in [0.4, 0.5) is 0 Å². The number of carbonyl (C=O) groups excluding carboxylic acids is 1. The maximum absolute atomic E-state index is 13.0. The van der Waals surface area contributed by atoms with Gasteiger partial charge in [-0.05, 0) is 42.7 Å². The van der Waals surface area contributed by atoms with Gasteiger partial charge in [-0.2, -0.15) is 0 Å². The Morgan fingerprint density at radius 2 is 1.85 bits per heavy atom. The van der Waals surface area contributed by atoms with E-state index in [0.29, 0.717) is 18.2 Å². The van der Waals surface area contributed by atoms with Crippen molar-refractivity contribution >= 4 is 5.91 Å². The minimum Gasteiger partial charge on any atom is -0.508 e. The number of phenols is 1. The molecule has 1 aliphatic rings. The van der Waals surface area contributed by atoms with Gasteiger partial charge in [-0.3, -0.25) is 4.79 Å². The first-order valence-electron chi connectivity index (χ1n) is 8.68. The van der Waals surface area contributed by atoms with Gasteiger partial charge in [0.1, 0.15) is 5.75 Å². The fourth-order valence-electron chi connectivity index (χ4n) is 3.05. The lowest BCUT2D eigenvalue weighted by Crippen LogP contribution is -2.27. The summed E-state index contributed by atoms with van der Waals surface area (Å²) in [6, 6.07) is 16.6. The van der Waals surface area contributed by atoms with Crippen molar-refractivity contribution in [1.29, 1.82) is 0 Å². The molecule has 6 nitrogen and oxygen atoms in total. The first-order chi connectivity index (χ1) is 12.6. The summed E-state index contributed by atoms with van der Waals surface area (Å²) in [6.07, 6.45) is 2.12. The third-order valence-corrected chi connectivity index (χ3v) is 4.58. The summed E-state index contributed by atoms with van der Waals surface area (Å²) >= 11 is 0. The normalized spacial score (nSPS) is 13.6. The molecule has 1 fully saturated rings. The lowest BCUT2D eigenvalue weighted by molar-refractivity contribution is 0.0778. The van der Waals surface area contributed by atoms with E-state index in [1.807, 2.05) is 42.5 Å². The molecule has 26 heavy (non-hydrogen) atoms. The van der Waals surface area contributed by atoms with E-state index in [1.54, 1.807) is 28.8 Å². The number of para-hydroxylation sites is 1. The quantitative estimate of drug-likeness (QED) is 0.769. The number of rotatable bonds is 5. The van der Waals surface area contributed by atoms with Gasteiger partial charge in [0.2, 0.25) is 0 Å². The molecular formula is C20H20N4O2. The van der Waals surface area contributed by atoms with Crippen molar-refractivity contribution in [3.8, 4) is 11.4 Å². The molecular weight excluding hydrogens is 328 g/mol. The number of benzene rings is 2. The molecule has 0 bridgehead atoms. The fourth-order valence-corrected chi connectivity index (χ4v) is 3.05. The molecule has 0 aliphatic heterocycles. The van der Waals surface area contributed by atoms with Crippen molar-refractivity contribution < 1.29 is 9.90 Å². The Kier molecular flexibility index (Phi) is 4.16. The van der Waals surface area contributed by atoms with Crippen LogP contribution in [0.1, 0.15) is 40.5 Å². The zero-order valence-corrected chi connectivity index (χ0v) is 14.5. The molecule has 0 unspecified atom stereocenters. The smallest absolute Gasteiger partial charge is 0.276 e. The summed E-state index contributed by atoms with van der Waals surface area (Å²) in [7, 11) is 1.76. The van der Waals surface area contributed by atoms with Crippen molar-refractivity contribution in [1.82, 2.24) is 19.9 Å². The van der Waals surface area contributed by atoms with Crippen molar-refractivity contribution in [3.05, 3.63) is 71.5 Å². The van der Waals surface area contributed by atoms with Crippen molar-refractivity contribution in [2.24, 2.45) is 0 Å². The van der Waals surface area contributed by atoms with Crippen LogP contribution in [0, 0.1) is 0 Å². The maximum Gasteiger partial charge on any atom is 0.276 e. The zero-order valence-electron chi connectivity index (χ0n) is 14.5. The van der Waals surface area contributed by atoms with E-state index in [0.717, 1.165) is 29.8 Å². The number of aromatic hydroxyl groups is 1. The molecule has 0 radical (unpaired) electrons. The largest absolute Gasteiger partial charge is 0.508 e. The number of phenolic OH excluding ortho intramolecular Hbond substituents is 1. The third kappa shape index (κ3) is 3.18. The minimum atomic E-state index is -0.137. The predicted octanol–water partition coefficient (Wildman–Crippen LogP) is 3.12. The van der Waals surface area contributed by atoms with Gasteiger partial charge in [-0.25, -0.2) is 4.68 Å². The van der Waals surface area contributed by atoms with E-state index >= 15 is 0 Å². The SMILES string of the molecule is CN(Cc1ccc(O)cc1)C(=O)c1nnn(-c2ccccc2)c1C1CC1. The Hall–Kier alpha value is -3.15. The molecule has 1 heterocycles. The Morgan fingerprint density at radius 1 is 1.15 bits per heavy atom. The summed E-state index contributed by atoms with van der Waals surface area (Å²) in [5.74, 6) is 0.415. The second-order valence-corrected chi connectivity index (χ2v) is 6.67. The molecule has 0 saturated heterocycles. The first-order valence-corrected chi connectivity index (χ1v) is 8.68. The number of nitrogens with zero attached hydrogens (tertiary/aromatic N) is 4. The lowest BCUT2D eigenvalue weighted by Gasteiger charge is -2.17. The fraction of sp³-hybridized carbons (Fsp3) is 0.250. The molecule has 132 valence electrons. The monoisotopic (exact) mass is 348 g/mol. The van der Waals surface area contributed by atoms with Crippen LogP contribution in [0.15, 0.2) is 54.6 Å². The Bertz CT molecular complexity index is 915. The Labute approximate surface area is 151 Å². The van der Waals surface area contributed by atoms with Gasteiger partial charge in [0, 0.05) is 19.5 Å². The molecule has 1 amide bonds. The van der Waals surface area contributed by atoms with E-state index in [2.05, 4.69) is 10.3 Å². The summed E-state index contributed by atoms with van der Waals surface area (Å²) in [4.78, 5) is 14.6. The molecule has 0 atom stereocenters. The minimum absolute atomic E-state index is 0.137. The highest BCUT2D eigenvalue weighted by Gasteiger charge is 2.35. The molecule has 1 aromatic heterocycles. The topological polar surface area (TPSA) is 71.2 Å². The number of hydrogen-bond acceptors (Lipinski definition) is 4. The van der Waals surface area contributed by atoms with Gasteiger partial charge in [-0.1, -0.05) is 35.5 Å². The Morgan fingerprint density at radius 3 is 2.50 bits per heavy atom. The summed E-state index contributed by atoms with van der Waals surface area (Å²) < 4.78 is 1.79. The highest BCUT2D eigenvalue weighted by molar-refractivity contribution is 5.93. The van der Waals surface area contributed by atoms with Crippen LogP contribution in [-0.2, 0) is 6.54 Å². The molecule has 4 rings (SSSR count). The van der Waals surface area contributed by atoms with Gasteiger partial charge >= 0.3 is 0 Å².